The van der Waals surface area contributed by atoms with E-state index in [2.05, 4.69) is 70.9 Å². The summed E-state index contributed by atoms with van der Waals surface area (Å²) in [5.74, 6) is 0. The first-order valence-corrected chi connectivity index (χ1v) is 11.3. The van der Waals surface area contributed by atoms with Crippen molar-refractivity contribution in [2.45, 2.75) is 45.7 Å². The number of aromatic nitrogens is 2. The highest BCUT2D eigenvalue weighted by molar-refractivity contribution is 7.80. The number of thiocarbonyl (C=S) groups is 1. The van der Waals surface area contributed by atoms with Gasteiger partial charge in [0.05, 0.1) is 17.8 Å². The Bertz CT molecular complexity index is 1060. The second-order valence-corrected chi connectivity index (χ2v) is 8.43. The Balaban J connectivity index is 1.83. The van der Waals surface area contributed by atoms with Crippen LogP contribution in [-0.4, -0.2) is 37.8 Å². The zero-order valence-corrected chi connectivity index (χ0v) is 19.2. The topological polar surface area (TPSA) is 53.3 Å². The molecule has 1 aliphatic heterocycles. The van der Waals surface area contributed by atoms with Gasteiger partial charge in [-0.2, -0.15) is 0 Å². The first kappa shape index (κ1) is 21.5. The molecule has 1 aromatic carbocycles. The maximum atomic E-state index is 9.45. The molecule has 5 nitrogen and oxygen atoms in total. The summed E-state index contributed by atoms with van der Waals surface area (Å²) in [6, 6.07) is 16.9. The molecule has 0 bridgehead atoms. The summed E-state index contributed by atoms with van der Waals surface area (Å²) in [7, 11) is 0. The molecule has 0 amide bonds. The van der Waals surface area contributed by atoms with Gasteiger partial charge in [-0.1, -0.05) is 31.2 Å². The maximum absolute atomic E-state index is 9.45. The van der Waals surface area contributed by atoms with Gasteiger partial charge in [-0.3, -0.25) is 4.98 Å². The molecule has 2 N–H and O–H groups in total. The van der Waals surface area contributed by atoms with Gasteiger partial charge in [0.1, 0.15) is 0 Å². The van der Waals surface area contributed by atoms with E-state index in [9.17, 15) is 5.11 Å². The van der Waals surface area contributed by atoms with Gasteiger partial charge in [-0.05, 0) is 74.3 Å². The van der Waals surface area contributed by atoms with Gasteiger partial charge in [0, 0.05) is 36.4 Å². The van der Waals surface area contributed by atoms with Crippen molar-refractivity contribution in [3.63, 3.8) is 0 Å². The number of nitrogens with one attached hydrogen (secondary N) is 1. The van der Waals surface area contributed by atoms with E-state index in [4.69, 9.17) is 12.2 Å². The first-order chi connectivity index (χ1) is 15.1. The molecule has 2 aromatic heterocycles. The zero-order chi connectivity index (χ0) is 22.0. The quantitative estimate of drug-likeness (QED) is 0.540. The summed E-state index contributed by atoms with van der Waals surface area (Å²) in [4.78, 5) is 6.84. The molecule has 1 fully saturated rings. The number of hydrogen-bond acceptors (Lipinski definition) is 3. The molecule has 162 valence electrons. The highest BCUT2D eigenvalue weighted by Crippen LogP contribution is 2.41. The van der Waals surface area contributed by atoms with E-state index >= 15 is 0 Å². The van der Waals surface area contributed by atoms with Crippen molar-refractivity contribution in [1.29, 1.82) is 0 Å². The fourth-order valence-electron chi connectivity index (χ4n) is 4.71. The fraction of sp³-hybridized carbons (Fsp3) is 0.360. The van der Waals surface area contributed by atoms with Gasteiger partial charge >= 0.3 is 0 Å². The average Bonchev–Trinajstić information content (AvgIpc) is 3.27. The molecular formula is C25H30N4OS. The molecule has 0 aliphatic carbocycles. The monoisotopic (exact) mass is 434 g/mol. The van der Waals surface area contributed by atoms with Crippen molar-refractivity contribution >= 4 is 17.3 Å². The highest BCUT2D eigenvalue weighted by atomic mass is 32.1. The molecule has 0 radical (unpaired) electrons. The third-order valence-electron chi connectivity index (χ3n) is 6.16. The minimum absolute atomic E-state index is 0.0164. The second-order valence-electron chi connectivity index (χ2n) is 8.04. The standard InChI is InChI=1S/C25H30N4OS/c1-4-19-10-5-6-12-22(19)29-17(2)16-20(18(29)3)24-23(21-11-7-8-13-26-21)27-25(31)28(24)14-9-15-30/h5-8,10-13,16,23-24,30H,4,9,14-15H2,1-3H3,(H,27,31)/t23-,24+/m0/s1. The van der Waals surface area contributed by atoms with E-state index < -0.39 is 0 Å². The van der Waals surface area contributed by atoms with E-state index in [0.29, 0.717) is 18.1 Å². The molecular weight excluding hydrogens is 404 g/mol. The largest absolute Gasteiger partial charge is 0.396 e. The molecule has 3 heterocycles. The lowest BCUT2D eigenvalue weighted by Crippen LogP contribution is -2.31. The number of para-hydroxylation sites is 1. The predicted molar refractivity (Wildman–Crippen MR) is 128 cm³/mol. The maximum Gasteiger partial charge on any atom is 0.170 e. The number of aliphatic hydroxyl groups is 1. The van der Waals surface area contributed by atoms with E-state index in [-0.39, 0.29) is 18.7 Å². The second kappa shape index (κ2) is 9.20. The molecule has 1 saturated heterocycles. The van der Waals surface area contributed by atoms with Crippen molar-refractivity contribution in [2.75, 3.05) is 13.2 Å². The van der Waals surface area contributed by atoms with Gasteiger partial charge in [0.2, 0.25) is 0 Å². The molecule has 0 unspecified atom stereocenters. The van der Waals surface area contributed by atoms with Crippen LogP contribution < -0.4 is 5.32 Å². The van der Waals surface area contributed by atoms with Crippen LogP contribution in [0.3, 0.4) is 0 Å². The minimum atomic E-state index is -0.0391. The Morgan fingerprint density at radius 2 is 1.90 bits per heavy atom. The fourth-order valence-corrected chi connectivity index (χ4v) is 5.04. The number of nitrogens with zero attached hydrogens (tertiary/aromatic N) is 3. The molecule has 3 aromatic rings. The zero-order valence-electron chi connectivity index (χ0n) is 18.4. The number of pyridine rings is 1. The van der Waals surface area contributed by atoms with Crippen LogP contribution in [0.4, 0.5) is 0 Å². The lowest BCUT2D eigenvalue weighted by Gasteiger charge is -2.28. The number of benzene rings is 1. The third kappa shape index (κ3) is 3.98. The SMILES string of the molecule is CCc1ccccc1-n1c(C)cc([C@@H]2[C@H](c3ccccn3)NC(=S)N2CCCO)c1C. The summed E-state index contributed by atoms with van der Waals surface area (Å²) in [5, 5.41) is 13.7. The Morgan fingerprint density at radius 3 is 2.61 bits per heavy atom. The third-order valence-corrected chi connectivity index (χ3v) is 6.51. The first-order valence-electron chi connectivity index (χ1n) is 10.9. The lowest BCUT2D eigenvalue weighted by molar-refractivity contribution is 0.247. The predicted octanol–water partition coefficient (Wildman–Crippen LogP) is 4.41. The van der Waals surface area contributed by atoms with Gasteiger partial charge in [-0.25, -0.2) is 0 Å². The van der Waals surface area contributed by atoms with Crippen LogP contribution >= 0.6 is 12.2 Å². The molecule has 0 spiro atoms. The van der Waals surface area contributed by atoms with E-state index in [1.54, 1.807) is 0 Å². The van der Waals surface area contributed by atoms with Crippen molar-refractivity contribution in [3.05, 3.63) is 82.9 Å². The summed E-state index contributed by atoms with van der Waals surface area (Å²) in [6.45, 7) is 7.39. The highest BCUT2D eigenvalue weighted by Gasteiger charge is 2.41. The molecule has 6 heteroatoms. The van der Waals surface area contributed by atoms with Crippen LogP contribution in [0.5, 0.6) is 0 Å². The van der Waals surface area contributed by atoms with Crippen LogP contribution in [0.2, 0.25) is 0 Å². The Hall–Kier alpha value is -2.70. The summed E-state index contributed by atoms with van der Waals surface area (Å²) in [5.41, 5.74) is 7.19. The van der Waals surface area contributed by atoms with Crippen LogP contribution in [0.15, 0.2) is 54.7 Å². The van der Waals surface area contributed by atoms with Crippen LogP contribution in [-0.2, 0) is 6.42 Å². The smallest absolute Gasteiger partial charge is 0.170 e. The van der Waals surface area contributed by atoms with E-state index in [1.165, 1.54) is 28.2 Å². The van der Waals surface area contributed by atoms with Crippen LogP contribution in [0.1, 0.15) is 53.6 Å². The Kier molecular flexibility index (Phi) is 6.39. The Labute approximate surface area is 189 Å². The van der Waals surface area contributed by atoms with Gasteiger partial charge in [0.15, 0.2) is 5.11 Å². The number of aliphatic hydroxyl groups excluding tert-OH is 1. The van der Waals surface area contributed by atoms with Crippen LogP contribution in [0.25, 0.3) is 5.69 Å². The summed E-state index contributed by atoms with van der Waals surface area (Å²) >= 11 is 5.72. The number of aryl methyl sites for hydroxylation is 2. The molecule has 0 saturated carbocycles. The van der Waals surface area contributed by atoms with Gasteiger partial charge < -0.3 is 19.9 Å². The summed E-state index contributed by atoms with van der Waals surface area (Å²) < 4.78 is 2.36. The van der Waals surface area contributed by atoms with Crippen molar-refractivity contribution < 1.29 is 5.11 Å². The summed E-state index contributed by atoms with van der Waals surface area (Å²) in [6.07, 6.45) is 3.48. The average molecular weight is 435 g/mol. The number of hydrogen-bond donors (Lipinski definition) is 2. The van der Waals surface area contributed by atoms with Crippen LogP contribution in [0, 0.1) is 13.8 Å². The van der Waals surface area contributed by atoms with Gasteiger partial charge in [-0.15, -0.1) is 0 Å². The van der Waals surface area contributed by atoms with Crippen molar-refractivity contribution in [3.8, 4) is 5.69 Å². The molecule has 2 atom stereocenters. The van der Waals surface area contributed by atoms with E-state index in [1.807, 2.05) is 24.4 Å². The van der Waals surface area contributed by atoms with Crippen molar-refractivity contribution in [2.24, 2.45) is 0 Å². The lowest BCUT2D eigenvalue weighted by atomic mass is 9.96. The molecule has 31 heavy (non-hydrogen) atoms. The normalized spacial score (nSPS) is 18.5. The Morgan fingerprint density at radius 1 is 1.13 bits per heavy atom. The van der Waals surface area contributed by atoms with E-state index in [0.717, 1.165) is 12.1 Å². The van der Waals surface area contributed by atoms with Gasteiger partial charge in [0.25, 0.3) is 0 Å². The minimum Gasteiger partial charge on any atom is -0.396 e. The number of rotatable bonds is 7. The molecule has 4 rings (SSSR count). The molecule has 1 aliphatic rings. The van der Waals surface area contributed by atoms with Crippen molar-refractivity contribution in [1.82, 2.24) is 19.8 Å².